The minimum Gasteiger partial charge on any atom is -0.381 e. The Morgan fingerprint density at radius 2 is 1.96 bits per heavy atom. The highest BCUT2D eigenvalue weighted by Crippen LogP contribution is 2.27. The zero-order valence-electron chi connectivity index (χ0n) is 15.0. The lowest BCUT2D eigenvalue weighted by Crippen LogP contribution is -2.28. The van der Waals surface area contributed by atoms with Gasteiger partial charge in [0.05, 0.1) is 6.04 Å². The van der Waals surface area contributed by atoms with E-state index in [2.05, 4.69) is 54.9 Å². The van der Waals surface area contributed by atoms with Crippen molar-refractivity contribution in [3.05, 3.63) is 108 Å². The smallest absolute Gasteiger partial charge is 0.0552 e. The second kappa shape index (κ2) is 9.65. The highest BCUT2D eigenvalue weighted by molar-refractivity contribution is 5.52. The molecule has 1 atom stereocenters. The third kappa shape index (κ3) is 5.20. The highest BCUT2D eigenvalue weighted by Gasteiger charge is 2.18. The van der Waals surface area contributed by atoms with Crippen LogP contribution < -0.4 is 11.1 Å². The van der Waals surface area contributed by atoms with Crippen LogP contribution in [0.2, 0.25) is 0 Å². The van der Waals surface area contributed by atoms with E-state index in [4.69, 9.17) is 5.73 Å². The van der Waals surface area contributed by atoms with Crippen molar-refractivity contribution in [2.24, 2.45) is 5.73 Å². The van der Waals surface area contributed by atoms with Gasteiger partial charge >= 0.3 is 0 Å². The quantitative estimate of drug-likeness (QED) is 0.661. The number of hydrogen-bond acceptors (Lipinski definition) is 2. The van der Waals surface area contributed by atoms with Crippen molar-refractivity contribution in [2.75, 3.05) is 0 Å². The molecule has 0 heterocycles. The summed E-state index contributed by atoms with van der Waals surface area (Å²) in [6.07, 6.45) is 14.3. The Hall–Kier alpha value is -2.58. The van der Waals surface area contributed by atoms with Gasteiger partial charge in [0.1, 0.15) is 0 Å². The molecule has 25 heavy (non-hydrogen) atoms. The number of hydrogen-bond donors (Lipinski definition) is 2. The van der Waals surface area contributed by atoms with Gasteiger partial charge in [-0.1, -0.05) is 79.9 Å². The molecule has 1 aromatic carbocycles. The monoisotopic (exact) mass is 332 g/mol. The summed E-state index contributed by atoms with van der Waals surface area (Å²) in [7, 11) is 0. The lowest BCUT2D eigenvalue weighted by atomic mass is 9.89. The van der Waals surface area contributed by atoms with Crippen LogP contribution in [0.5, 0.6) is 0 Å². The molecule has 130 valence electrons. The lowest BCUT2D eigenvalue weighted by Gasteiger charge is -2.24. The molecule has 1 aromatic rings. The SMILES string of the molecule is C=C/C(=C\C=C/C)C(N)C(=C)C1=CCCC=C1NCc1ccccc1. The molecule has 0 fully saturated rings. The summed E-state index contributed by atoms with van der Waals surface area (Å²) >= 11 is 0. The van der Waals surface area contributed by atoms with Crippen LogP contribution in [0, 0.1) is 0 Å². The van der Waals surface area contributed by atoms with Crippen molar-refractivity contribution in [1.82, 2.24) is 5.32 Å². The Morgan fingerprint density at radius 1 is 1.24 bits per heavy atom. The zero-order chi connectivity index (χ0) is 18.1. The van der Waals surface area contributed by atoms with E-state index in [1.54, 1.807) is 6.08 Å². The molecule has 0 radical (unpaired) electrons. The normalized spacial score (nSPS) is 16.2. The molecule has 1 aliphatic carbocycles. The molecular weight excluding hydrogens is 304 g/mol. The van der Waals surface area contributed by atoms with E-state index in [1.807, 2.05) is 31.2 Å². The molecule has 3 N–H and O–H groups in total. The van der Waals surface area contributed by atoms with Crippen LogP contribution in [0.15, 0.2) is 102 Å². The molecule has 2 heteroatoms. The van der Waals surface area contributed by atoms with Crippen molar-refractivity contribution in [3.63, 3.8) is 0 Å². The van der Waals surface area contributed by atoms with Gasteiger partial charge in [-0.2, -0.15) is 0 Å². The second-order valence-electron chi connectivity index (χ2n) is 6.05. The molecular formula is C23H28N2. The molecule has 1 unspecified atom stereocenters. The average Bonchev–Trinajstić information content (AvgIpc) is 2.67. The summed E-state index contributed by atoms with van der Waals surface area (Å²) in [5, 5.41) is 3.54. The molecule has 2 rings (SSSR count). The third-order valence-electron chi connectivity index (χ3n) is 4.28. The van der Waals surface area contributed by atoms with E-state index in [0.717, 1.165) is 41.8 Å². The van der Waals surface area contributed by atoms with Crippen LogP contribution in [-0.4, -0.2) is 6.04 Å². The Bertz CT molecular complexity index is 718. The average molecular weight is 332 g/mol. The van der Waals surface area contributed by atoms with Gasteiger partial charge in [0, 0.05) is 12.2 Å². The number of nitrogens with two attached hydrogens (primary N) is 1. The van der Waals surface area contributed by atoms with Crippen molar-refractivity contribution in [3.8, 4) is 0 Å². The van der Waals surface area contributed by atoms with Crippen molar-refractivity contribution >= 4 is 0 Å². The fourth-order valence-electron chi connectivity index (χ4n) is 2.81. The fourth-order valence-corrected chi connectivity index (χ4v) is 2.81. The van der Waals surface area contributed by atoms with E-state index < -0.39 is 0 Å². The minimum absolute atomic E-state index is 0.264. The predicted octanol–water partition coefficient (Wildman–Crippen LogP) is 4.95. The molecule has 0 amide bonds. The first kappa shape index (κ1) is 18.8. The summed E-state index contributed by atoms with van der Waals surface area (Å²) in [5.74, 6) is 0. The maximum Gasteiger partial charge on any atom is 0.0552 e. The predicted molar refractivity (Wildman–Crippen MR) is 109 cm³/mol. The van der Waals surface area contributed by atoms with Crippen LogP contribution in [0.1, 0.15) is 25.3 Å². The van der Waals surface area contributed by atoms with E-state index in [1.165, 1.54) is 5.56 Å². The van der Waals surface area contributed by atoms with E-state index in [9.17, 15) is 0 Å². The van der Waals surface area contributed by atoms with Gasteiger partial charge in [-0.3, -0.25) is 0 Å². The molecule has 0 bridgehead atoms. The summed E-state index contributed by atoms with van der Waals surface area (Å²) in [6.45, 7) is 10.9. The summed E-state index contributed by atoms with van der Waals surface area (Å²) < 4.78 is 0. The van der Waals surface area contributed by atoms with E-state index >= 15 is 0 Å². The molecule has 0 spiro atoms. The standard InChI is InChI=1S/C23H28N2/c1-4-6-14-20(5-2)23(24)18(3)21-15-10-11-16-22(21)25-17-19-12-8-7-9-13-19/h4-9,12-16,23,25H,2-3,10-11,17,24H2,1H3/b6-4-,20-14+. The lowest BCUT2D eigenvalue weighted by molar-refractivity contribution is 0.786. The molecule has 0 aliphatic heterocycles. The van der Waals surface area contributed by atoms with Gasteiger partial charge in [0.25, 0.3) is 0 Å². The minimum atomic E-state index is -0.264. The van der Waals surface area contributed by atoms with Crippen LogP contribution >= 0.6 is 0 Å². The van der Waals surface area contributed by atoms with Gasteiger partial charge in [-0.15, -0.1) is 0 Å². The molecule has 2 nitrogen and oxygen atoms in total. The van der Waals surface area contributed by atoms with Crippen molar-refractivity contribution in [2.45, 2.75) is 32.4 Å². The van der Waals surface area contributed by atoms with E-state index in [0.29, 0.717) is 0 Å². The Kier molecular flexibility index (Phi) is 7.24. The molecule has 0 saturated heterocycles. The van der Waals surface area contributed by atoms with Gasteiger partial charge in [-0.05, 0) is 42.0 Å². The molecule has 0 saturated carbocycles. The fraction of sp³-hybridized carbons (Fsp3) is 0.217. The number of allylic oxidation sites excluding steroid dienone is 6. The van der Waals surface area contributed by atoms with Gasteiger partial charge in [-0.25, -0.2) is 0 Å². The van der Waals surface area contributed by atoms with Gasteiger partial charge in [0.2, 0.25) is 0 Å². The Labute approximate surface area is 151 Å². The third-order valence-corrected chi connectivity index (χ3v) is 4.28. The topological polar surface area (TPSA) is 38.0 Å². The maximum absolute atomic E-state index is 6.44. The number of benzene rings is 1. The number of rotatable bonds is 8. The van der Waals surface area contributed by atoms with Crippen molar-refractivity contribution < 1.29 is 0 Å². The van der Waals surface area contributed by atoms with Gasteiger partial charge in [0.15, 0.2) is 0 Å². The summed E-state index contributed by atoms with van der Waals surface area (Å²) in [5.41, 5.74) is 11.8. The Morgan fingerprint density at radius 3 is 2.64 bits per heavy atom. The van der Waals surface area contributed by atoms with Crippen LogP contribution in [-0.2, 0) is 6.54 Å². The summed E-state index contributed by atoms with van der Waals surface area (Å²) in [6, 6.07) is 10.1. The first-order chi connectivity index (χ1) is 12.2. The molecule has 1 aliphatic rings. The van der Waals surface area contributed by atoms with Crippen LogP contribution in [0.4, 0.5) is 0 Å². The summed E-state index contributed by atoms with van der Waals surface area (Å²) in [4.78, 5) is 0. The van der Waals surface area contributed by atoms with Crippen molar-refractivity contribution in [1.29, 1.82) is 0 Å². The van der Waals surface area contributed by atoms with Crippen LogP contribution in [0.3, 0.4) is 0 Å². The highest BCUT2D eigenvalue weighted by atomic mass is 14.9. The Balaban J connectivity index is 2.12. The first-order valence-electron chi connectivity index (χ1n) is 8.76. The maximum atomic E-state index is 6.44. The number of nitrogens with one attached hydrogen (secondary N) is 1. The molecule has 0 aromatic heterocycles. The van der Waals surface area contributed by atoms with Crippen LogP contribution in [0.25, 0.3) is 0 Å². The van der Waals surface area contributed by atoms with E-state index in [-0.39, 0.29) is 6.04 Å². The largest absolute Gasteiger partial charge is 0.381 e. The zero-order valence-corrected chi connectivity index (χ0v) is 15.0. The van der Waals surface area contributed by atoms with Gasteiger partial charge < -0.3 is 11.1 Å². The first-order valence-corrected chi connectivity index (χ1v) is 8.76. The second-order valence-corrected chi connectivity index (χ2v) is 6.05.